The smallest absolute Gasteiger partial charge is 0.252 e. The highest BCUT2D eigenvalue weighted by Crippen LogP contribution is 2.68. The lowest BCUT2D eigenvalue weighted by Crippen LogP contribution is -2.64. The topological polar surface area (TPSA) is 9.72 Å². The summed E-state index contributed by atoms with van der Waals surface area (Å²) in [6, 6.07) is 78.3. The van der Waals surface area contributed by atoms with Crippen LogP contribution in [0.1, 0.15) is 133 Å². The molecule has 0 N–H and O–H groups in total. The Bertz CT molecular complexity index is 3960. The third-order valence-corrected chi connectivity index (χ3v) is 20.9. The first-order chi connectivity index (χ1) is 38.0. The van der Waals surface area contributed by atoms with E-state index >= 15 is 0 Å². The molecule has 15 rings (SSSR count). The summed E-state index contributed by atoms with van der Waals surface area (Å²) in [4.78, 5) is 8.50. The number of hydrogen-bond acceptors (Lipinski definition) is 3. The lowest BCUT2D eigenvalue weighted by molar-refractivity contribution is 0.215. The van der Waals surface area contributed by atoms with Crippen molar-refractivity contribution in [1.29, 1.82) is 0 Å². The molecule has 0 amide bonds. The Hall–Kier alpha value is -7.56. The number of fused-ring (bicyclic) bond motifs is 12. The number of nitrogens with zero attached hydrogens (tertiary/aromatic N) is 3. The Kier molecular flexibility index (Phi) is 10.3. The van der Waals surface area contributed by atoms with Crippen molar-refractivity contribution in [3.8, 4) is 22.3 Å². The van der Waals surface area contributed by atoms with Gasteiger partial charge in [0, 0.05) is 50.6 Å². The van der Waals surface area contributed by atoms with Gasteiger partial charge in [0.25, 0.3) is 6.71 Å². The average molecular weight is 1030 g/mol. The standard InChI is InChI=1S/C75H72BN3/c1-70(2,3)55-35-37-64-60(44-55)75(54-30-17-12-18-31-54)40-22-21-39-73(75,8)78(64)58-47-66-68-67(48-58)79-69-61(72(7)41-38-51-28-19-20-33-59(51)74(72,79)9)45-56(71(4,5)6)46-63(69)76(68)62-36-34-53(50-26-15-11-16-27-50)43-65(62)77(66)57-32-23-29-52(42-57)49-24-13-10-14-25-49/h10-20,23-37,42-48H,21-22,38-41H2,1-9H3. The molecular weight excluding hydrogens is 954 g/mol. The summed E-state index contributed by atoms with van der Waals surface area (Å²) in [5, 5.41) is 0. The van der Waals surface area contributed by atoms with Crippen LogP contribution in [-0.2, 0) is 33.6 Å². The molecule has 0 spiro atoms. The minimum Gasteiger partial charge on any atom is -0.334 e. The lowest BCUT2D eigenvalue weighted by Gasteiger charge is -2.54. The second kappa shape index (κ2) is 16.7. The van der Waals surface area contributed by atoms with E-state index in [1.54, 1.807) is 0 Å². The summed E-state index contributed by atoms with van der Waals surface area (Å²) in [7, 11) is 0. The molecule has 4 heteroatoms. The monoisotopic (exact) mass is 1030 g/mol. The SMILES string of the molecule is CC(C)(C)c1cc2c3c(c1)C1(C)CCc4ccccc4C1(C)N3c1cc(N3c4ccc(C(C)(C)C)cc4C4(c5ccccc5)CCCCC34C)cc3c1B2c1ccc(-c2ccccc2)cc1N3c1cccc(-c2ccccc2)c1. The zero-order valence-corrected chi connectivity index (χ0v) is 47.7. The molecule has 0 aromatic heterocycles. The van der Waals surface area contributed by atoms with E-state index in [1.165, 1.54) is 130 Å². The molecule has 0 bridgehead atoms. The molecule has 0 radical (unpaired) electrons. The maximum absolute atomic E-state index is 2.93. The van der Waals surface area contributed by atoms with Crippen LogP contribution < -0.4 is 31.1 Å². The van der Waals surface area contributed by atoms with Crippen molar-refractivity contribution in [2.75, 3.05) is 14.7 Å². The lowest BCUT2D eigenvalue weighted by atomic mass is 9.33. The highest BCUT2D eigenvalue weighted by molar-refractivity contribution is 7.00. The molecule has 9 aromatic rings. The maximum atomic E-state index is 2.93. The normalized spacial score (nSPS) is 23.1. The van der Waals surface area contributed by atoms with Gasteiger partial charge in [-0.25, -0.2) is 0 Å². The minimum atomic E-state index is -0.393. The zero-order valence-electron chi connectivity index (χ0n) is 47.7. The Morgan fingerprint density at radius 3 is 1.78 bits per heavy atom. The quantitative estimate of drug-likeness (QED) is 0.159. The third kappa shape index (κ3) is 6.55. The van der Waals surface area contributed by atoms with Crippen molar-refractivity contribution < 1.29 is 0 Å². The number of aryl methyl sites for hydroxylation is 1. The van der Waals surface area contributed by atoms with Gasteiger partial charge in [-0.1, -0.05) is 225 Å². The molecule has 79 heavy (non-hydrogen) atoms. The first-order valence-electron chi connectivity index (χ1n) is 29.5. The molecule has 4 heterocycles. The summed E-state index contributed by atoms with van der Waals surface area (Å²) in [6.07, 6.45) is 6.70. The van der Waals surface area contributed by atoms with Crippen molar-refractivity contribution in [1.82, 2.24) is 0 Å². The van der Waals surface area contributed by atoms with Crippen LogP contribution in [0.5, 0.6) is 0 Å². The molecule has 2 aliphatic carbocycles. The van der Waals surface area contributed by atoms with E-state index in [-0.39, 0.29) is 33.9 Å². The second-order valence-corrected chi connectivity index (χ2v) is 26.9. The summed E-state index contributed by atoms with van der Waals surface area (Å²) in [5.41, 5.74) is 27.1. The van der Waals surface area contributed by atoms with Crippen LogP contribution in [0.3, 0.4) is 0 Å². The Labute approximate surface area is 470 Å². The van der Waals surface area contributed by atoms with Crippen LogP contribution in [0.4, 0.5) is 39.8 Å². The van der Waals surface area contributed by atoms with Crippen LogP contribution in [0.15, 0.2) is 200 Å². The maximum Gasteiger partial charge on any atom is 0.252 e. The van der Waals surface area contributed by atoms with Crippen molar-refractivity contribution in [3.63, 3.8) is 0 Å². The van der Waals surface area contributed by atoms with Gasteiger partial charge in [-0.15, -0.1) is 0 Å². The van der Waals surface area contributed by atoms with Gasteiger partial charge in [-0.2, -0.15) is 0 Å². The summed E-state index contributed by atoms with van der Waals surface area (Å²) < 4.78 is 0. The number of anilines is 7. The Balaban J connectivity index is 1.10. The van der Waals surface area contributed by atoms with E-state index in [9.17, 15) is 0 Å². The molecule has 4 aliphatic heterocycles. The van der Waals surface area contributed by atoms with E-state index in [4.69, 9.17) is 0 Å². The molecule has 4 atom stereocenters. The minimum absolute atomic E-state index is 0.0106. The number of hydrogen-bond donors (Lipinski definition) is 0. The number of rotatable bonds is 5. The molecular formula is C75H72BN3. The highest BCUT2D eigenvalue weighted by Gasteiger charge is 2.65. The summed E-state index contributed by atoms with van der Waals surface area (Å²) in [5.74, 6) is 0. The van der Waals surface area contributed by atoms with Gasteiger partial charge in [0.05, 0.1) is 11.1 Å². The molecule has 390 valence electrons. The number of benzene rings is 9. The molecule has 1 fully saturated rings. The van der Waals surface area contributed by atoms with E-state index in [1.807, 2.05) is 0 Å². The zero-order chi connectivity index (χ0) is 54.0. The third-order valence-electron chi connectivity index (χ3n) is 20.9. The average Bonchev–Trinajstić information content (AvgIpc) is 3.70. The van der Waals surface area contributed by atoms with Gasteiger partial charge in [-0.05, 0) is 164 Å². The van der Waals surface area contributed by atoms with E-state index < -0.39 is 5.54 Å². The fourth-order valence-electron chi connectivity index (χ4n) is 16.6. The fourth-order valence-corrected chi connectivity index (χ4v) is 16.6. The molecule has 0 saturated heterocycles. The molecule has 9 aromatic carbocycles. The van der Waals surface area contributed by atoms with Crippen LogP contribution in [-0.4, -0.2) is 12.3 Å². The molecule has 3 nitrogen and oxygen atoms in total. The Morgan fingerprint density at radius 2 is 1.06 bits per heavy atom. The van der Waals surface area contributed by atoms with E-state index in [0.717, 1.165) is 25.7 Å². The van der Waals surface area contributed by atoms with E-state index in [0.29, 0.717) is 0 Å². The predicted octanol–water partition coefficient (Wildman–Crippen LogP) is 17.3. The molecule has 1 saturated carbocycles. The van der Waals surface area contributed by atoms with Gasteiger partial charge in [-0.3, -0.25) is 0 Å². The first kappa shape index (κ1) is 48.6. The summed E-state index contributed by atoms with van der Waals surface area (Å²) in [6.45, 7) is 22.3. The summed E-state index contributed by atoms with van der Waals surface area (Å²) >= 11 is 0. The largest absolute Gasteiger partial charge is 0.334 e. The van der Waals surface area contributed by atoms with Crippen LogP contribution >= 0.6 is 0 Å². The molecule has 6 aliphatic rings. The van der Waals surface area contributed by atoms with Gasteiger partial charge in [0.2, 0.25) is 0 Å². The van der Waals surface area contributed by atoms with Crippen LogP contribution in [0.25, 0.3) is 22.3 Å². The van der Waals surface area contributed by atoms with Crippen molar-refractivity contribution >= 4 is 62.9 Å². The van der Waals surface area contributed by atoms with Gasteiger partial charge in [0.1, 0.15) is 0 Å². The second-order valence-electron chi connectivity index (χ2n) is 26.9. The van der Waals surface area contributed by atoms with Gasteiger partial charge in [0.15, 0.2) is 0 Å². The first-order valence-corrected chi connectivity index (χ1v) is 29.5. The predicted molar refractivity (Wildman–Crippen MR) is 335 cm³/mol. The Morgan fingerprint density at radius 1 is 0.430 bits per heavy atom. The van der Waals surface area contributed by atoms with Crippen molar-refractivity contribution in [2.45, 2.75) is 134 Å². The van der Waals surface area contributed by atoms with Crippen molar-refractivity contribution in [2.24, 2.45) is 0 Å². The van der Waals surface area contributed by atoms with E-state index in [2.05, 4.69) is 277 Å². The molecule has 4 unspecified atom stereocenters. The van der Waals surface area contributed by atoms with Gasteiger partial charge < -0.3 is 14.7 Å². The fraction of sp³-hybridized carbons (Fsp3) is 0.280. The highest BCUT2D eigenvalue weighted by atomic mass is 15.3. The van der Waals surface area contributed by atoms with Crippen molar-refractivity contribution in [3.05, 3.63) is 239 Å². The van der Waals surface area contributed by atoms with Crippen LogP contribution in [0.2, 0.25) is 0 Å². The van der Waals surface area contributed by atoms with Crippen LogP contribution in [0, 0.1) is 0 Å². The van der Waals surface area contributed by atoms with Gasteiger partial charge >= 0.3 is 0 Å².